The number of halogens is 4. The van der Waals surface area contributed by atoms with Crippen molar-refractivity contribution in [3.63, 3.8) is 0 Å². The number of carboxylic acid groups (broad SMARTS) is 1. The van der Waals surface area contributed by atoms with Gasteiger partial charge in [0, 0.05) is 30.2 Å². The molecule has 3 heterocycles. The van der Waals surface area contributed by atoms with Crippen molar-refractivity contribution in [2.24, 2.45) is 11.1 Å². The molecule has 6 N–H and O–H groups in total. The van der Waals surface area contributed by atoms with Gasteiger partial charge in [-0.1, -0.05) is 23.7 Å². The number of benzene rings is 2. The summed E-state index contributed by atoms with van der Waals surface area (Å²) >= 11 is 6.34. The van der Waals surface area contributed by atoms with Gasteiger partial charge in [0.2, 0.25) is 11.9 Å². The van der Waals surface area contributed by atoms with Crippen LogP contribution >= 0.6 is 11.6 Å². The normalized spacial score (nSPS) is 16.9. The highest BCUT2D eigenvalue weighted by Crippen LogP contribution is 2.30. The lowest BCUT2D eigenvalue weighted by Crippen LogP contribution is -2.46. The number of alkyl halides is 3. The lowest BCUT2D eigenvalue weighted by atomic mass is 9.97. The van der Waals surface area contributed by atoms with E-state index in [0.717, 1.165) is 33.2 Å². The van der Waals surface area contributed by atoms with E-state index in [0.29, 0.717) is 48.3 Å². The number of nitrogens with zero attached hydrogens (tertiary/aromatic N) is 3. The van der Waals surface area contributed by atoms with E-state index in [-0.39, 0.29) is 12.5 Å². The highest BCUT2D eigenvalue weighted by Gasteiger charge is 2.38. The van der Waals surface area contributed by atoms with Crippen LogP contribution in [0.25, 0.3) is 0 Å². The standard InChI is InChI=1S/C24H26ClN7O3S.C2HF3O2/c25-20-13-27-24-29-18-5-1-3-15(11-18)6-7-16-12-19(28-22(20)31-24)8-9-21(16)30-23(33)17-4-2-10-32(14-17)36(26,34)35;3-2(4,5)1(6)7/h1,3,5,8-9,11-13,17H,2,4,6-7,10,14H2,(H,30,33)(H2,26,34,35)(H2,27,28,29,31);(H,6,7). The summed E-state index contributed by atoms with van der Waals surface area (Å²) in [5.74, 6) is -2.58. The number of hydrogen-bond acceptors (Lipinski definition) is 8. The zero-order chi connectivity index (χ0) is 31.4. The largest absolute Gasteiger partial charge is 0.490 e. The summed E-state index contributed by atoms with van der Waals surface area (Å²) in [6.07, 6.45) is -0.964. The van der Waals surface area contributed by atoms with Gasteiger partial charge in [-0.2, -0.15) is 30.9 Å². The highest BCUT2D eigenvalue weighted by atomic mass is 35.5. The second-order valence-corrected chi connectivity index (χ2v) is 11.7. The minimum absolute atomic E-state index is 0.0774. The molecule has 6 bridgehead atoms. The van der Waals surface area contributed by atoms with Gasteiger partial charge in [0.15, 0.2) is 5.82 Å². The molecule has 43 heavy (non-hydrogen) atoms. The molecule has 230 valence electrons. The number of carbonyl (C=O) groups excluding carboxylic acids is 1. The summed E-state index contributed by atoms with van der Waals surface area (Å²) in [6.45, 7) is 0.406. The van der Waals surface area contributed by atoms with Gasteiger partial charge in [-0.15, -0.1) is 0 Å². The minimum atomic E-state index is -5.08. The van der Waals surface area contributed by atoms with E-state index in [2.05, 4.69) is 25.9 Å². The Balaban J connectivity index is 0.000000541. The Morgan fingerprint density at radius 3 is 2.53 bits per heavy atom. The van der Waals surface area contributed by atoms with Crippen molar-refractivity contribution >= 4 is 62.5 Å². The quantitative estimate of drug-likeness (QED) is 0.280. The third-order valence-electron chi connectivity index (χ3n) is 6.59. The average molecular weight is 642 g/mol. The first-order valence-electron chi connectivity index (χ1n) is 12.9. The van der Waals surface area contributed by atoms with Crippen LogP contribution in [-0.2, 0) is 32.6 Å². The number of amides is 1. The molecule has 17 heteroatoms. The molecule has 0 spiro atoms. The molecule has 0 aliphatic carbocycles. The van der Waals surface area contributed by atoms with Crippen LogP contribution in [-0.4, -0.2) is 58.9 Å². The number of piperidine rings is 1. The first-order chi connectivity index (χ1) is 20.2. The van der Waals surface area contributed by atoms with Gasteiger partial charge in [0.25, 0.3) is 10.2 Å². The Bertz CT molecular complexity index is 1620. The van der Waals surface area contributed by atoms with E-state index in [9.17, 15) is 26.4 Å². The third-order valence-corrected chi connectivity index (χ3v) is 7.92. The predicted octanol–water partition coefficient (Wildman–Crippen LogP) is 4.20. The van der Waals surface area contributed by atoms with E-state index in [1.165, 1.54) is 6.20 Å². The first-order valence-corrected chi connectivity index (χ1v) is 14.7. The molecule has 2 aliphatic rings. The molecule has 1 unspecified atom stereocenters. The lowest BCUT2D eigenvalue weighted by Gasteiger charge is -2.29. The molecule has 2 aliphatic heterocycles. The van der Waals surface area contributed by atoms with Gasteiger partial charge in [0.1, 0.15) is 5.02 Å². The van der Waals surface area contributed by atoms with Crippen LogP contribution in [0.2, 0.25) is 5.02 Å². The van der Waals surface area contributed by atoms with Gasteiger partial charge in [-0.05, 0) is 67.1 Å². The Labute approximate surface area is 249 Å². The molecule has 1 saturated heterocycles. The maximum atomic E-state index is 13.1. The van der Waals surface area contributed by atoms with Crippen LogP contribution in [0.5, 0.6) is 0 Å². The number of nitrogens with one attached hydrogen (secondary N) is 3. The number of carboxylic acids is 1. The second kappa shape index (κ2) is 13.1. The topological polar surface area (TPSA) is 180 Å². The monoisotopic (exact) mass is 641 g/mol. The van der Waals surface area contributed by atoms with Gasteiger partial charge < -0.3 is 21.1 Å². The van der Waals surface area contributed by atoms with Gasteiger partial charge in [-0.3, -0.25) is 4.79 Å². The molecule has 0 radical (unpaired) electrons. The number of anilines is 5. The number of aromatic nitrogens is 2. The number of nitrogens with two attached hydrogens (primary N) is 1. The number of aliphatic carboxylic acids is 1. The van der Waals surface area contributed by atoms with Crippen LogP contribution in [0.1, 0.15) is 24.0 Å². The Kier molecular flexibility index (Phi) is 9.74. The molecule has 2 aromatic carbocycles. The molecular weight excluding hydrogens is 615 g/mol. The number of hydrogen-bond donors (Lipinski definition) is 5. The van der Waals surface area contributed by atoms with Gasteiger partial charge in [0.05, 0.1) is 12.1 Å². The van der Waals surface area contributed by atoms with Crippen molar-refractivity contribution < 1.29 is 36.3 Å². The zero-order valence-electron chi connectivity index (χ0n) is 22.4. The van der Waals surface area contributed by atoms with Crippen molar-refractivity contribution in [1.29, 1.82) is 0 Å². The fourth-order valence-corrected chi connectivity index (χ4v) is 5.40. The number of aryl methyl sites for hydroxylation is 2. The molecule has 1 aromatic heterocycles. The maximum Gasteiger partial charge on any atom is 0.490 e. The van der Waals surface area contributed by atoms with Crippen LogP contribution in [0.4, 0.5) is 42.0 Å². The van der Waals surface area contributed by atoms with Crippen molar-refractivity contribution in [1.82, 2.24) is 14.3 Å². The summed E-state index contributed by atoms with van der Waals surface area (Å²) in [5.41, 5.74) is 4.34. The van der Waals surface area contributed by atoms with Crippen molar-refractivity contribution in [3.8, 4) is 0 Å². The van der Waals surface area contributed by atoms with E-state index in [1.54, 1.807) is 0 Å². The molecule has 5 rings (SSSR count). The molecular formula is C26H27ClF3N7O5S. The Morgan fingerprint density at radius 1 is 1.12 bits per heavy atom. The summed E-state index contributed by atoms with van der Waals surface area (Å²) in [4.78, 5) is 30.8. The van der Waals surface area contributed by atoms with Crippen LogP contribution in [0, 0.1) is 5.92 Å². The summed E-state index contributed by atoms with van der Waals surface area (Å²) in [5, 5.41) is 22.3. The SMILES string of the molecule is NS(=O)(=O)N1CCCC(C(=O)Nc2ccc3cc2CCc2cccc(c2)Nc2ncc(Cl)c(n2)N3)C1.O=C(O)C(F)(F)F. The fourth-order valence-electron chi connectivity index (χ4n) is 4.49. The molecule has 1 fully saturated rings. The summed E-state index contributed by atoms with van der Waals surface area (Å²) in [6, 6.07) is 13.6. The predicted molar refractivity (Wildman–Crippen MR) is 154 cm³/mol. The van der Waals surface area contributed by atoms with Crippen molar-refractivity contribution in [2.45, 2.75) is 31.9 Å². The van der Waals surface area contributed by atoms with Crippen LogP contribution < -0.4 is 21.1 Å². The minimum Gasteiger partial charge on any atom is -0.475 e. The van der Waals surface area contributed by atoms with Crippen molar-refractivity contribution in [2.75, 3.05) is 29.0 Å². The number of fused-ring (bicyclic) bond motifs is 6. The Morgan fingerprint density at radius 2 is 1.84 bits per heavy atom. The van der Waals surface area contributed by atoms with E-state index in [4.69, 9.17) is 26.6 Å². The molecule has 1 atom stereocenters. The number of rotatable bonds is 3. The van der Waals surface area contributed by atoms with E-state index < -0.39 is 28.3 Å². The molecule has 12 nitrogen and oxygen atoms in total. The average Bonchev–Trinajstić information content (AvgIpc) is 2.94. The molecule has 3 aromatic rings. The van der Waals surface area contributed by atoms with E-state index >= 15 is 0 Å². The Hall–Kier alpha value is -3.99. The maximum absolute atomic E-state index is 13.1. The molecule has 0 saturated carbocycles. The summed E-state index contributed by atoms with van der Waals surface area (Å²) in [7, 11) is -3.83. The van der Waals surface area contributed by atoms with Crippen molar-refractivity contribution in [3.05, 3.63) is 64.8 Å². The van der Waals surface area contributed by atoms with Crippen LogP contribution in [0.3, 0.4) is 0 Å². The highest BCUT2D eigenvalue weighted by molar-refractivity contribution is 7.86. The second-order valence-electron chi connectivity index (χ2n) is 9.75. The van der Waals surface area contributed by atoms with Gasteiger partial charge in [-0.25, -0.2) is 14.9 Å². The lowest BCUT2D eigenvalue weighted by molar-refractivity contribution is -0.192. The van der Waals surface area contributed by atoms with Gasteiger partial charge >= 0.3 is 12.1 Å². The molecule has 1 amide bonds. The smallest absolute Gasteiger partial charge is 0.475 e. The fraction of sp³-hybridized carbons (Fsp3) is 0.308. The third kappa shape index (κ3) is 8.76. The first kappa shape index (κ1) is 31.9. The van der Waals surface area contributed by atoms with Crippen LogP contribution in [0.15, 0.2) is 48.7 Å². The zero-order valence-corrected chi connectivity index (χ0v) is 23.9. The van der Waals surface area contributed by atoms with E-state index in [1.807, 2.05) is 42.5 Å². The summed E-state index contributed by atoms with van der Waals surface area (Å²) < 4.78 is 56.4. The number of carbonyl (C=O) groups is 2.